The van der Waals surface area contributed by atoms with Gasteiger partial charge in [0.05, 0.1) is 47.7 Å². The molecule has 10 nitrogen and oxygen atoms in total. The van der Waals surface area contributed by atoms with Crippen molar-refractivity contribution in [2.75, 3.05) is 25.3 Å². The highest BCUT2D eigenvalue weighted by Crippen LogP contribution is 2.33. The first-order valence-electron chi connectivity index (χ1n) is 16.4. The summed E-state index contributed by atoms with van der Waals surface area (Å²) in [5.74, 6) is 2.11. The first kappa shape index (κ1) is 37.1. The topological polar surface area (TPSA) is 134 Å². The van der Waals surface area contributed by atoms with Crippen molar-refractivity contribution in [1.29, 1.82) is 0 Å². The van der Waals surface area contributed by atoms with Gasteiger partial charge in [-0.1, -0.05) is 35.9 Å². The number of rotatable bonds is 6. The number of fused-ring (bicyclic) bond motifs is 2. The predicted molar refractivity (Wildman–Crippen MR) is 219 cm³/mol. The van der Waals surface area contributed by atoms with E-state index in [0.29, 0.717) is 21.8 Å². The number of nitrogen functional groups attached to an aromatic ring is 1. The monoisotopic (exact) mass is 760 g/mol. The second-order valence-corrected chi connectivity index (χ2v) is 14.1. The Hall–Kier alpha value is -5.69. The Kier molecular flexibility index (Phi) is 11.7. The predicted octanol–water partition coefficient (Wildman–Crippen LogP) is 10.4. The van der Waals surface area contributed by atoms with Crippen molar-refractivity contribution in [3.63, 3.8) is 0 Å². The van der Waals surface area contributed by atoms with Gasteiger partial charge in [0.2, 0.25) is 0 Å². The molecule has 53 heavy (non-hydrogen) atoms. The third-order valence-corrected chi connectivity index (χ3v) is 9.97. The van der Waals surface area contributed by atoms with Crippen molar-refractivity contribution in [3.8, 4) is 33.8 Å². The van der Waals surface area contributed by atoms with Crippen LogP contribution in [0.2, 0.25) is 5.15 Å². The summed E-state index contributed by atoms with van der Waals surface area (Å²) in [7, 11) is 3.25. The summed E-state index contributed by atoms with van der Waals surface area (Å²) in [5, 5.41) is 9.13. The average Bonchev–Trinajstić information content (AvgIpc) is 3.77. The standard InChI is InChI=1S/C20H18N4O2S.C16H13ClN2.C4H6N2S/c1-12-11-27-20(22-12)24-19-7-5-15-16(23-19)8-14(10-21-15)13-4-6-17(25-2)18(9-13)26-3;1-10-3-4-12(7-11(10)2)13-8-15-14(18-9-13)5-6-16(17)19-15;1-3-2-7-4(5)6-3/h4-11H,1-3H3,(H,22,23,24);3-9H,1-2H3;2H,1H3,(H2,5,6). The Bertz CT molecular complexity index is 2500. The maximum absolute atomic E-state index is 5.92. The minimum atomic E-state index is 0.492. The normalized spacial score (nSPS) is 10.6. The largest absolute Gasteiger partial charge is 0.493 e. The van der Waals surface area contributed by atoms with Crippen LogP contribution in [-0.2, 0) is 0 Å². The third kappa shape index (κ3) is 9.41. The number of ether oxygens (including phenoxy) is 2. The molecule has 6 aromatic heterocycles. The van der Waals surface area contributed by atoms with Crippen molar-refractivity contribution in [1.82, 2.24) is 29.9 Å². The Morgan fingerprint density at radius 2 is 1.21 bits per heavy atom. The number of benzene rings is 2. The molecule has 0 bridgehead atoms. The number of thiazole rings is 2. The molecule has 0 saturated carbocycles. The van der Waals surface area contributed by atoms with E-state index < -0.39 is 0 Å². The van der Waals surface area contributed by atoms with E-state index in [0.717, 1.165) is 66.7 Å². The molecule has 8 rings (SSSR count). The second-order valence-electron chi connectivity index (χ2n) is 12.0. The fraction of sp³-hybridized carbons (Fsp3) is 0.150. The van der Waals surface area contributed by atoms with E-state index in [1.165, 1.54) is 22.5 Å². The van der Waals surface area contributed by atoms with Crippen molar-refractivity contribution in [3.05, 3.63) is 124 Å². The molecular formula is C40H37ClN8O2S2. The van der Waals surface area contributed by atoms with E-state index in [1.807, 2.05) is 85.5 Å². The molecule has 268 valence electrons. The minimum Gasteiger partial charge on any atom is -0.493 e. The van der Waals surface area contributed by atoms with Gasteiger partial charge in [0.25, 0.3) is 0 Å². The van der Waals surface area contributed by atoms with Gasteiger partial charge >= 0.3 is 0 Å². The van der Waals surface area contributed by atoms with Crippen molar-refractivity contribution < 1.29 is 9.47 Å². The lowest BCUT2D eigenvalue weighted by Crippen LogP contribution is -1.95. The van der Waals surface area contributed by atoms with Gasteiger partial charge in [-0.3, -0.25) is 9.97 Å². The average molecular weight is 761 g/mol. The summed E-state index contributed by atoms with van der Waals surface area (Å²) in [6.45, 7) is 8.11. The number of methoxy groups -OCH3 is 2. The third-order valence-electron chi connectivity index (χ3n) is 8.09. The van der Waals surface area contributed by atoms with Crippen LogP contribution in [0, 0.1) is 27.7 Å². The lowest BCUT2D eigenvalue weighted by molar-refractivity contribution is 0.355. The van der Waals surface area contributed by atoms with Gasteiger partial charge in [-0.2, -0.15) is 0 Å². The van der Waals surface area contributed by atoms with Gasteiger partial charge in [-0.25, -0.2) is 19.9 Å². The van der Waals surface area contributed by atoms with E-state index >= 15 is 0 Å². The van der Waals surface area contributed by atoms with E-state index in [9.17, 15) is 0 Å². The van der Waals surface area contributed by atoms with Gasteiger partial charge in [0, 0.05) is 34.3 Å². The Morgan fingerprint density at radius 1 is 0.585 bits per heavy atom. The number of nitrogens with one attached hydrogen (secondary N) is 1. The van der Waals surface area contributed by atoms with Gasteiger partial charge in [0.1, 0.15) is 11.0 Å². The van der Waals surface area contributed by atoms with Crippen LogP contribution in [0.15, 0.2) is 96.0 Å². The van der Waals surface area contributed by atoms with Crippen LogP contribution in [0.4, 0.5) is 16.1 Å². The van der Waals surface area contributed by atoms with Gasteiger partial charge in [-0.15, -0.1) is 22.7 Å². The maximum Gasteiger partial charge on any atom is 0.188 e. The van der Waals surface area contributed by atoms with Crippen LogP contribution >= 0.6 is 34.3 Å². The quantitative estimate of drug-likeness (QED) is 0.158. The summed E-state index contributed by atoms with van der Waals surface area (Å²) in [5.41, 5.74) is 17.3. The van der Waals surface area contributed by atoms with Crippen molar-refractivity contribution in [2.45, 2.75) is 27.7 Å². The van der Waals surface area contributed by atoms with E-state index in [2.05, 4.69) is 67.3 Å². The number of aromatic nitrogens is 6. The molecule has 0 aliphatic rings. The van der Waals surface area contributed by atoms with Crippen molar-refractivity contribution in [2.24, 2.45) is 0 Å². The Labute approximate surface area is 320 Å². The number of halogens is 1. The first-order chi connectivity index (χ1) is 25.6. The molecule has 6 heterocycles. The van der Waals surface area contributed by atoms with Crippen LogP contribution in [0.25, 0.3) is 44.3 Å². The van der Waals surface area contributed by atoms with Gasteiger partial charge < -0.3 is 20.5 Å². The number of nitrogens with two attached hydrogens (primary N) is 1. The fourth-order valence-electron chi connectivity index (χ4n) is 5.20. The molecule has 8 aromatic rings. The summed E-state index contributed by atoms with van der Waals surface area (Å²) in [6.07, 6.45) is 3.71. The lowest BCUT2D eigenvalue weighted by atomic mass is 10.0. The summed E-state index contributed by atoms with van der Waals surface area (Å²) in [4.78, 5) is 26.3. The number of aryl methyl sites for hydroxylation is 4. The summed E-state index contributed by atoms with van der Waals surface area (Å²) in [6, 6.07) is 23.7. The molecule has 0 amide bonds. The highest BCUT2D eigenvalue weighted by molar-refractivity contribution is 7.14. The highest BCUT2D eigenvalue weighted by Gasteiger charge is 2.09. The number of pyridine rings is 4. The van der Waals surface area contributed by atoms with E-state index in [1.54, 1.807) is 31.6 Å². The zero-order valence-corrected chi connectivity index (χ0v) is 32.4. The molecule has 0 aliphatic carbocycles. The van der Waals surface area contributed by atoms with Crippen LogP contribution in [0.3, 0.4) is 0 Å². The number of anilines is 3. The molecule has 0 aliphatic heterocycles. The lowest BCUT2D eigenvalue weighted by Gasteiger charge is -2.10. The van der Waals surface area contributed by atoms with Gasteiger partial charge in [0.15, 0.2) is 21.8 Å². The van der Waals surface area contributed by atoms with Crippen LogP contribution in [0.5, 0.6) is 11.5 Å². The second kappa shape index (κ2) is 16.8. The molecule has 0 radical (unpaired) electrons. The Morgan fingerprint density at radius 3 is 1.79 bits per heavy atom. The first-order valence-corrected chi connectivity index (χ1v) is 18.6. The van der Waals surface area contributed by atoms with Gasteiger partial charge in [-0.05, 0) is 98.5 Å². The molecular weight excluding hydrogens is 724 g/mol. The highest BCUT2D eigenvalue weighted by atomic mass is 35.5. The zero-order valence-electron chi connectivity index (χ0n) is 30.0. The molecule has 0 unspecified atom stereocenters. The SMILES string of the molecule is COc1ccc(-c2cnc3ccc(Nc4nc(C)cs4)nc3c2)cc1OC.Cc1ccc(-c2cnc3ccc(Cl)nc3c2)cc1C.Cc1csc(N)n1. The molecule has 2 aromatic carbocycles. The molecule has 0 fully saturated rings. The molecule has 3 N–H and O–H groups in total. The molecule has 13 heteroatoms. The van der Waals surface area contributed by atoms with Crippen LogP contribution < -0.4 is 20.5 Å². The van der Waals surface area contributed by atoms with Crippen LogP contribution in [-0.4, -0.2) is 44.1 Å². The number of nitrogens with zero attached hydrogens (tertiary/aromatic N) is 6. The summed E-state index contributed by atoms with van der Waals surface area (Å²) < 4.78 is 10.7. The maximum atomic E-state index is 5.92. The Balaban J connectivity index is 0.000000159. The summed E-state index contributed by atoms with van der Waals surface area (Å²) >= 11 is 8.95. The van der Waals surface area contributed by atoms with E-state index in [-0.39, 0.29) is 0 Å². The smallest absolute Gasteiger partial charge is 0.188 e. The number of hydrogen-bond donors (Lipinski definition) is 2. The molecule has 0 atom stereocenters. The molecule has 0 saturated heterocycles. The number of hydrogen-bond acceptors (Lipinski definition) is 12. The van der Waals surface area contributed by atoms with E-state index in [4.69, 9.17) is 26.8 Å². The minimum absolute atomic E-state index is 0.492. The van der Waals surface area contributed by atoms with Crippen LogP contribution in [0.1, 0.15) is 22.5 Å². The fourth-order valence-corrected chi connectivity index (χ4v) is 6.59. The zero-order chi connectivity index (χ0) is 37.5. The van der Waals surface area contributed by atoms with Crippen molar-refractivity contribution >= 4 is 72.4 Å². The molecule has 0 spiro atoms.